The van der Waals surface area contributed by atoms with E-state index in [2.05, 4.69) is 4.98 Å². The first kappa shape index (κ1) is 15.9. The number of methoxy groups -OCH3 is 1. The summed E-state index contributed by atoms with van der Waals surface area (Å²) in [5, 5.41) is 12.6. The van der Waals surface area contributed by atoms with Gasteiger partial charge in [0.25, 0.3) is 11.2 Å². The van der Waals surface area contributed by atoms with Crippen molar-refractivity contribution in [3.63, 3.8) is 0 Å². The summed E-state index contributed by atoms with van der Waals surface area (Å²) in [7, 11) is 1.40. The molecule has 0 aliphatic heterocycles. The molecule has 3 rings (SSSR count). The van der Waals surface area contributed by atoms with Crippen LogP contribution in [0.1, 0.15) is 11.4 Å². The minimum atomic E-state index is -0.512. The zero-order valence-electron chi connectivity index (χ0n) is 12.9. The van der Waals surface area contributed by atoms with Crippen LogP contribution in [0.4, 0.5) is 5.69 Å². The maximum absolute atomic E-state index is 12.1. The van der Waals surface area contributed by atoms with Crippen molar-refractivity contribution in [3.8, 4) is 11.5 Å². The summed E-state index contributed by atoms with van der Waals surface area (Å²) in [6.45, 7) is 1.89. The molecule has 2 aromatic heterocycles. The number of aryl methyl sites for hydroxylation is 1. The third kappa shape index (κ3) is 2.93. The van der Waals surface area contributed by atoms with Crippen molar-refractivity contribution in [2.45, 2.75) is 13.5 Å². The van der Waals surface area contributed by atoms with Crippen LogP contribution in [-0.2, 0) is 6.61 Å². The number of hydrogen-bond acceptors (Lipinski definition) is 7. The van der Waals surface area contributed by atoms with Gasteiger partial charge in [-0.1, -0.05) is 0 Å². The lowest BCUT2D eigenvalue weighted by molar-refractivity contribution is -0.385. The van der Waals surface area contributed by atoms with Crippen LogP contribution in [-0.4, -0.2) is 21.4 Å². The maximum atomic E-state index is 12.1. The van der Waals surface area contributed by atoms with Gasteiger partial charge in [-0.25, -0.2) is 4.98 Å². The van der Waals surface area contributed by atoms with Crippen molar-refractivity contribution in [1.29, 1.82) is 0 Å². The first-order valence-electron chi connectivity index (χ1n) is 6.91. The molecule has 8 nitrogen and oxygen atoms in total. The van der Waals surface area contributed by atoms with E-state index in [0.717, 1.165) is 5.69 Å². The largest absolute Gasteiger partial charge is 0.493 e. The van der Waals surface area contributed by atoms with Gasteiger partial charge < -0.3 is 9.47 Å². The number of nitro benzene ring substituents is 1. The quantitative estimate of drug-likeness (QED) is 0.520. The molecule has 0 aliphatic carbocycles. The first-order valence-corrected chi connectivity index (χ1v) is 7.79. The SMILES string of the molecule is COc1cc([N+](=O)[O-])ccc1OCc1cc(=O)n2c(C)csc2n1. The molecule has 0 N–H and O–H groups in total. The molecule has 24 heavy (non-hydrogen) atoms. The molecule has 0 bridgehead atoms. The molecule has 0 fully saturated rings. The van der Waals surface area contributed by atoms with E-state index in [4.69, 9.17) is 9.47 Å². The molecule has 1 aromatic carbocycles. The Labute approximate surface area is 140 Å². The lowest BCUT2D eigenvalue weighted by Crippen LogP contribution is -2.16. The summed E-state index contributed by atoms with van der Waals surface area (Å²) < 4.78 is 12.2. The lowest BCUT2D eigenvalue weighted by atomic mass is 10.3. The van der Waals surface area contributed by atoms with Gasteiger partial charge in [0.05, 0.1) is 23.8 Å². The Bertz CT molecular complexity index is 979. The van der Waals surface area contributed by atoms with Gasteiger partial charge in [-0.2, -0.15) is 0 Å². The fourth-order valence-corrected chi connectivity index (χ4v) is 3.11. The first-order chi connectivity index (χ1) is 11.5. The Hall–Kier alpha value is -2.94. The van der Waals surface area contributed by atoms with E-state index in [1.165, 1.54) is 47.1 Å². The summed E-state index contributed by atoms with van der Waals surface area (Å²) in [5.41, 5.74) is 1.04. The normalized spacial score (nSPS) is 10.8. The number of nitrogens with zero attached hydrogens (tertiary/aromatic N) is 3. The standard InChI is InChI=1S/C15H13N3O5S/c1-9-8-24-15-16-10(5-14(19)17(9)15)7-23-12-4-3-11(18(20)21)6-13(12)22-2/h3-6,8H,7H2,1-2H3. The van der Waals surface area contributed by atoms with Crippen LogP contribution in [0, 0.1) is 17.0 Å². The third-order valence-corrected chi connectivity index (χ3v) is 4.31. The van der Waals surface area contributed by atoms with E-state index in [-0.39, 0.29) is 23.6 Å². The average Bonchev–Trinajstić information content (AvgIpc) is 2.94. The van der Waals surface area contributed by atoms with Crippen molar-refractivity contribution in [1.82, 2.24) is 9.38 Å². The molecule has 0 saturated heterocycles. The van der Waals surface area contributed by atoms with Crippen LogP contribution >= 0.6 is 11.3 Å². The van der Waals surface area contributed by atoms with Crippen molar-refractivity contribution >= 4 is 22.0 Å². The Morgan fingerprint density at radius 3 is 2.83 bits per heavy atom. The Morgan fingerprint density at radius 2 is 2.12 bits per heavy atom. The van der Waals surface area contributed by atoms with Crippen LogP contribution in [0.15, 0.2) is 34.4 Å². The van der Waals surface area contributed by atoms with Crippen molar-refractivity contribution in [2.75, 3.05) is 7.11 Å². The molecule has 0 atom stereocenters. The topological polar surface area (TPSA) is 96.0 Å². The Morgan fingerprint density at radius 1 is 1.33 bits per heavy atom. The van der Waals surface area contributed by atoms with Gasteiger partial charge in [0.1, 0.15) is 6.61 Å². The fourth-order valence-electron chi connectivity index (χ4n) is 2.22. The van der Waals surface area contributed by atoms with Crippen molar-refractivity contribution in [2.24, 2.45) is 0 Å². The van der Waals surface area contributed by atoms with Gasteiger partial charge in [0.15, 0.2) is 16.5 Å². The Kier molecular flexibility index (Phi) is 4.17. The van der Waals surface area contributed by atoms with Crippen LogP contribution < -0.4 is 15.0 Å². The predicted molar refractivity (Wildman–Crippen MR) is 88.1 cm³/mol. The second-order valence-electron chi connectivity index (χ2n) is 4.96. The number of hydrogen-bond donors (Lipinski definition) is 0. The molecule has 0 saturated carbocycles. The maximum Gasteiger partial charge on any atom is 0.273 e. The number of benzene rings is 1. The highest BCUT2D eigenvalue weighted by Gasteiger charge is 2.13. The molecule has 2 heterocycles. The zero-order valence-corrected chi connectivity index (χ0v) is 13.7. The van der Waals surface area contributed by atoms with E-state index in [9.17, 15) is 14.9 Å². The van der Waals surface area contributed by atoms with E-state index in [1.54, 1.807) is 0 Å². The van der Waals surface area contributed by atoms with Crippen molar-refractivity contribution in [3.05, 3.63) is 61.5 Å². The number of fused-ring (bicyclic) bond motifs is 1. The Balaban J connectivity index is 1.86. The van der Waals surface area contributed by atoms with Crippen LogP contribution in [0.5, 0.6) is 11.5 Å². The molecule has 0 unspecified atom stereocenters. The number of nitro groups is 1. The molecule has 124 valence electrons. The van der Waals surface area contributed by atoms with Crippen LogP contribution in [0.25, 0.3) is 4.96 Å². The molecular weight excluding hydrogens is 334 g/mol. The van der Waals surface area contributed by atoms with E-state index < -0.39 is 4.92 Å². The minimum Gasteiger partial charge on any atom is -0.493 e. The predicted octanol–water partition coefficient (Wildman–Crippen LogP) is 2.56. The second-order valence-corrected chi connectivity index (χ2v) is 5.80. The number of ether oxygens (including phenoxy) is 2. The van der Waals surface area contributed by atoms with Gasteiger partial charge in [-0.15, -0.1) is 11.3 Å². The van der Waals surface area contributed by atoms with Gasteiger partial charge >= 0.3 is 0 Å². The van der Waals surface area contributed by atoms with E-state index in [1.807, 2.05) is 12.3 Å². The number of thiazole rings is 1. The summed E-state index contributed by atoms with van der Waals surface area (Å²) in [6.07, 6.45) is 0. The number of non-ortho nitro benzene ring substituents is 1. The third-order valence-electron chi connectivity index (χ3n) is 3.36. The smallest absolute Gasteiger partial charge is 0.273 e. The average molecular weight is 347 g/mol. The molecule has 0 radical (unpaired) electrons. The van der Waals surface area contributed by atoms with Gasteiger partial charge in [-0.05, 0) is 13.0 Å². The van der Waals surface area contributed by atoms with Gasteiger partial charge in [0, 0.05) is 23.2 Å². The number of aromatic nitrogens is 2. The fraction of sp³-hybridized carbons (Fsp3) is 0.200. The summed E-state index contributed by atoms with van der Waals surface area (Å²) in [6, 6.07) is 5.47. The summed E-state index contributed by atoms with van der Waals surface area (Å²) in [5.74, 6) is 0.585. The van der Waals surface area contributed by atoms with Crippen LogP contribution in [0.2, 0.25) is 0 Å². The van der Waals surface area contributed by atoms with Gasteiger partial charge in [-0.3, -0.25) is 19.3 Å². The molecule has 0 amide bonds. The number of rotatable bonds is 5. The highest BCUT2D eigenvalue weighted by atomic mass is 32.1. The second kappa shape index (κ2) is 6.28. The molecular formula is C15H13N3O5S. The van der Waals surface area contributed by atoms with Gasteiger partial charge in [0.2, 0.25) is 0 Å². The lowest BCUT2D eigenvalue weighted by Gasteiger charge is -2.10. The van der Waals surface area contributed by atoms with Crippen molar-refractivity contribution < 1.29 is 14.4 Å². The summed E-state index contributed by atoms with van der Waals surface area (Å²) >= 11 is 1.37. The summed E-state index contributed by atoms with van der Waals surface area (Å²) in [4.78, 5) is 27.4. The molecule has 0 aliphatic rings. The van der Waals surface area contributed by atoms with E-state index >= 15 is 0 Å². The molecule has 3 aromatic rings. The van der Waals surface area contributed by atoms with E-state index in [0.29, 0.717) is 16.4 Å². The van der Waals surface area contributed by atoms with Crippen LogP contribution in [0.3, 0.4) is 0 Å². The molecule has 9 heteroatoms. The zero-order chi connectivity index (χ0) is 17.3. The monoisotopic (exact) mass is 347 g/mol. The minimum absolute atomic E-state index is 0.0524. The highest BCUT2D eigenvalue weighted by Crippen LogP contribution is 2.31. The highest BCUT2D eigenvalue weighted by molar-refractivity contribution is 7.15. The molecule has 0 spiro atoms.